The summed E-state index contributed by atoms with van der Waals surface area (Å²) >= 11 is 0. The molecular weight excluding hydrogens is 186 g/mol. The summed E-state index contributed by atoms with van der Waals surface area (Å²) in [4.78, 5) is 0. The molecule has 0 aliphatic heterocycles. The molecule has 0 aromatic heterocycles. The molecule has 0 saturated carbocycles. The van der Waals surface area contributed by atoms with Gasteiger partial charge < -0.3 is 10.4 Å². The second-order valence-electron chi connectivity index (χ2n) is 3.48. The van der Waals surface area contributed by atoms with Gasteiger partial charge in [0.1, 0.15) is 0 Å². The smallest absolute Gasteiger partial charge is 0.0681 e. The molecule has 82 valence electrons. The first-order valence-corrected chi connectivity index (χ1v) is 5.44. The number of nitrogens with one attached hydrogen (secondary N) is 1. The first kappa shape index (κ1) is 11.8. The Labute approximate surface area is 91.6 Å². The van der Waals surface area contributed by atoms with Crippen molar-refractivity contribution < 1.29 is 5.11 Å². The Kier molecular flexibility index (Phi) is 5.56. The van der Waals surface area contributed by atoms with Crippen LogP contribution in [0.3, 0.4) is 0 Å². The zero-order valence-corrected chi connectivity index (χ0v) is 9.24. The van der Waals surface area contributed by atoms with Crippen LogP contribution in [-0.2, 0) is 13.0 Å². The average Bonchev–Trinajstić information content (AvgIpc) is 2.29. The van der Waals surface area contributed by atoms with E-state index >= 15 is 0 Å². The van der Waals surface area contributed by atoms with Gasteiger partial charge in [0.05, 0.1) is 6.61 Å². The molecule has 0 amide bonds. The van der Waals surface area contributed by atoms with E-state index in [2.05, 4.69) is 30.4 Å². The summed E-state index contributed by atoms with van der Waals surface area (Å²) in [5.41, 5.74) is 2.27. The quantitative estimate of drug-likeness (QED) is 0.746. The van der Waals surface area contributed by atoms with Crippen LogP contribution in [0.1, 0.15) is 24.5 Å². The lowest BCUT2D eigenvalue weighted by molar-refractivity contribution is 0.281. The van der Waals surface area contributed by atoms with Crippen molar-refractivity contribution in [2.45, 2.75) is 26.4 Å². The maximum absolute atomic E-state index is 8.98. The van der Waals surface area contributed by atoms with E-state index in [0.717, 1.165) is 24.9 Å². The average molecular weight is 205 g/mol. The number of allylic oxidation sites excluding steroid dienone is 1. The van der Waals surface area contributed by atoms with Crippen LogP contribution in [0.4, 0.5) is 0 Å². The molecule has 2 N–H and O–H groups in total. The Hall–Kier alpha value is -1.28. The van der Waals surface area contributed by atoms with Gasteiger partial charge >= 0.3 is 0 Å². The second-order valence-corrected chi connectivity index (χ2v) is 3.48. The van der Waals surface area contributed by atoms with Gasteiger partial charge in [-0.05, 0) is 37.1 Å². The lowest BCUT2D eigenvalue weighted by Gasteiger charge is -2.01. The van der Waals surface area contributed by atoms with Gasteiger partial charge in [0.2, 0.25) is 0 Å². The van der Waals surface area contributed by atoms with Gasteiger partial charge in [-0.25, -0.2) is 0 Å². The molecule has 0 radical (unpaired) electrons. The summed E-state index contributed by atoms with van der Waals surface area (Å²) in [6, 6.07) is 8.09. The predicted octanol–water partition coefficient (Wildman–Crippen LogP) is 2.23. The first-order chi connectivity index (χ1) is 7.36. The monoisotopic (exact) mass is 205 g/mol. The maximum atomic E-state index is 8.98. The van der Waals surface area contributed by atoms with Crippen LogP contribution in [-0.4, -0.2) is 11.7 Å². The lowest BCUT2D eigenvalue weighted by atomic mass is 10.1. The van der Waals surface area contributed by atoms with E-state index in [9.17, 15) is 0 Å². The summed E-state index contributed by atoms with van der Waals surface area (Å²) in [6.45, 7) is 3.17. The molecule has 2 nitrogen and oxygen atoms in total. The number of hydrogen-bond acceptors (Lipinski definition) is 2. The number of hydrogen-bond donors (Lipinski definition) is 2. The van der Waals surface area contributed by atoms with E-state index in [4.69, 9.17) is 5.11 Å². The fourth-order valence-corrected chi connectivity index (χ4v) is 1.42. The Morgan fingerprint density at radius 2 is 2.13 bits per heavy atom. The van der Waals surface area contributed by atoms with Crippen molar-refractivity contribution in [3.63, 3.8) is 0 Å². The largest absolute Gasteiger partial charge is 0.392 e. The molecule has 0 fully saturated rings. The van der Waals surface area contributed by atoms with Crippen LogP contribution in [0, 0.1) is 0 Å². The topological polar surface area (TPSA) is 32.3 Å². The SMILES string of the molecule is CCN/C=C\CCc1cccc(CO)c1. The van der Waals surface area contributed by atoms with E-state index in [-0.39, 0.29) is 6.61 Å². The van der Waals surface area contributed by atoms with Crippen molar-refractivity contribution in [2.75, 3.05) is 6.54 Å². The highest BCUT2D eigenvalue weighted by molar-refractivity contribution is 5.23. The molecule has 0 saturated heterocycles. The van der Waals surface area contributed by atoms with Crippen molar-refractivity contribution >= 4 is 0 Å². The second kappa shape index (κ2) is 7.07. The minimum atomic E-state index is 0.126. The van der Waals surface area contributed by atoms with Crippen LogP contribution >= 0.6 is 0 Å². The third-order valence-electron chi connectivity index (χ3n) is 2.21. The summed E-state index contributed by atoms with van der Waals surface area (Å²) in [5.74, 6) is 0. The highest BCUT2D eigenvalue weighted by Gasteiger charge is 1.93. The highest BCUT2D eigenvalue weighted by atomic mass is 16.3. The molecule has 0 atom stereocenters. The third-order valence-corrected chi connectivity index (χ3v) is 2.21. The van der Waals surface area contributed by atoms with Gasteiger partial charge in [-0.3, -0.25) is 0 Å². The van der Waals surface area contributed by atoms with Crippen molar-refractivity contribution in [2.24, 2.45) is 0 Å². The molecule has 1 aromatic rings. The minimum Gasteiger partial charge on any atom is -0.392 e. The minimum absolute atomic E-state index is 0.126. The fourth-order valence-electron chi connectivity index (χ4n) is 1.42. The summed E-state index contributed by atoms with van der Waals surface area (Å²) in [6.07, 6.45) is 6.18. The molecule has 0 aliphatic rings. The molecule has 0 heterocycles. The lowest BCUT2D eigenvalue weighted by Crippen LogP contribution is -2.01. The number of benzene rings is 1. The van der Waals surface area contributed by atoms with Gasteiger partial charge in [0, 0.05) is 6.54 Å². The molecule has 1 rings (SSSR count). The summed E-state index contributed by atoms with van der Waals surface area (Å²) in [5, 5.41) is 12.1. The van der Waals surface area contributed by atoms with E-state index in [1.54, 1.807) is 0 Å². The van der Waals surface area contributed by atoms with Crippen molar-refractivity contribution in [3.05, 3.63) is 47.7 Å². The van der Waals surface area contributed by atoms with Crippen LogP contribution in [0.2, 0.25) is 0 Å². The van der Waals surface area contributed by atoms with E-state index in [1.807, 2.05) is 18.3 Å². The van der Waals surface area contributed by atoms with Gasteiger partial charge in [0.15, 0.2) is 0 Å². The standard InChI is InChI=1S/C13H19NO/c1-2-14-9-4-3-6-12-7-5-8-13(10-12)11-15/h4-5,7-10,14-15H,2-3,6,11H2,1H3/b9-4-. The molecule has 0 unspecified atom stereocenters. The van der Waals surface area contributed by atoms with Gasteiger partial charge in [-0.2, -0.15) is 0 Å². The Morgan fingerprint density at radius 1 is 1.33 bits per heavy atom. The van der Waals surface area contributed by atoms with Gasteiger partial charge in [-0.1, -0.05) is 30.3 Å². The molecular formula is C13H19NO. The van der Waals surface area contributed by atoms with Crippen LogP contribution in [0.5, 0.6) is 0 Å². The van der Waals surface area contributed by atoms with E-state index in [0.29, 0.717) is 0 Å². The molecule has 1 aromatic carbocycles. The molecule has 0 bridgehead atoms. The zero-order valence-electron chi connectivity index (χ0n) is 9.24. The number of aliphatic hydroxyl groups excluding tert-OH is 1. The van der Waals surface area contributed by atoms with Crippen LogP contribution < -0.4 is 5.32 Å². The molecule has 2 heteroatoms. The van der Waals surface area contributed by atoms with E-state index in [1.165, 1.54) is 5.56 Å². The number of aliphatic hydroxyl groups is 1. The number of rotatable bonds is 6. The Balaban J connectivity index is 2.36. The number of aryl methyl sites for hydroxylation is 1. The van der Waals surface area contributed by atoms with Crippen LogP contribution in [0.15, 0.2) is 36.5 Å². The van der Waals surface area contributed by atoms with Crippen molar-refractivity contribution in [1.82, 2.24) is 5.32 Å². The predicted molar refractivity (Wildman–Crippen MR) is 63.5 cm³/mol. The zero-order chi connectivity index (χ0) is 10.9. The van der Waals surface area contributed by atoms with Crippen LogP contribution in [0.25, 0.3) is 0 Å². The fraction of sp³-hybridized carbons (Fsp3) is 0.385. The highest BCUT2D eigenvalue weighted by Crippen LogP contribution is 2.07. The van der Waals surface area contributed by atoms with Crippen molar-refractivity contribution in [3.8, 4) is 0 Å². The summed E-state index contributed by atoms with van der Waals surface area (Å²) < 4.78 is 0. The maximum Gasteiger partial charge on any atom is 0.0681 e. The third kappa shape index (κ3) is 4.66. The Bertz CT molecular complexity index is 307. The first-order valence-electron chi connectivity index (χ1n) is 5.44. The molecule has 15 heavy (non-hydrogen) atoms. The van der Waals surface area contributed by atoms with Gasteiger partial charge in [0.25, 0.3) is 0 Å². The normalized spacial score (nSPS) is 10.8. The van der Waals surface area contributed by atoms with E-state index < -0.39 is 0 Å². The van der Waals surface area contributed by atoms with Crippen molar-refractivity contribution in [1.29, 1.82) is 0 Å². The molecule has 0 spiro atoms. The molecule has 0 aliphatic carbocycles. The Morgan fingerprint density at radius 3 is 2.87 bits per heavy atom. The summed E-state index contributed by atoms with van der Waals surface area (Å²) in [7, 11) is 0. The van der Waals surface area contributed by atoms with Gasteiger partial charge in [-0.15, -0.1) is 0 Å².